The molecular formula is C42H56BO3P. The van der Waals surface area contributed by atoms with Gasteiger partial charge in [-0.2, -0.15) is 0 Å². The van der Waals surface area contributed by atoms with Gasteiger partial charge in [0.2, 0.25) is 0 Å². The predicted molar refractivity (Wildman–Crippen MR) is 204 cm³/mol. The first-order chi connectivity index (χ1) is 23.1. The summed E-state index contributed by atoms with van der Waals surface area (Å²) in [7, 11) is -0.938. The molecule has 5 rings (SSSR count). The van der Waals surface area contributed by atoms with Crippen molar-refractivity contribution in [3.8, 4) is 17.2 Å². The van der Waals surface area contributed by atoms with Crippen LogP contribution >= 0.6 is 6.60 Å². The van der Waals surface area contributed by atoms with Crippen LogP contribution in [-0.4, -0.2) is 25.3 Å². The Morgan fingerprint density at radius 1 is 0.596 bits per heavy atom. The van der Waals surface area contributed by atoms with Gasteiger partial charge in [-0.3, -0.25) is 0 Å². The van der Waals surface area contributed by atoms with Crippen LogP contribution in [0.2, 0.25) is 0 Å². The second kappa shape index (κ2) is 17.3. The molecule has 250 valence electrons. The van der Waals surface area contributed by atoms with Crippen LogP contribution in [0.1, 0.15) is 103 Å². The second-order valence-electron chi connectivity index (χ2n) is 13.6. The first-order valence-corrected chi connectivity index (χ1v) is 21.1. The van der Waals surface area contributed by atoms with Gasteiger partial charge in [0.15, 0.2) is 0 Å². The van der Waals surface area contributed by atoms with Crippen LogP contribution in [0.25, 0.3) is 0 Å². The molecule has 1 fully saturated rings. The van der Waals surface area contributed by atoms with Crippen molar-refractivity contribution < 1.29 is 14.0 Å². The fourth-order valence-corrected chi connectivity index (χ4v) is 18.6. The van der Waals surface area contributed by atoms with E-state index in [4.69, 9.17) is 14.0 Å². The average Bonchev–Trinajstić information content (AvgIpc) is 3.13. The second-order valence-corrected chi connectivity index (χ2v) is 19.7. The van der Waals surface area contributed by atoms with Crippen LogP contribution in [-0.2, 0) is 0 Å². The summed E-state index contributed by atoms with van der Waals surface area (Å²) in [4.78, 5) is 0. The van der Waals surface area contributed by atoms with Gasteiger partial charge in [0.05, 0.1) is 0 Å². The Kier molecular flexibility index (Phi) is 12.9. The molecule has 0 heterocycles. The third kappa shape index (κ3) is 7.92. The number of para-hydroxylation sites is 3. The molecule has 0 saturated heterocycles. The Labute approximate surface area is 285 Å². The molecule has 0 radical (unpaired) electrons. The third-order valence-corrected chi connectivity index (χ3v) is 19.6. The van der Waals surface area contributed by atoms with Gasteiger partial charge >= 0.3 is 286 Å². The van der Waals surface area contributed by atoms with E-state index in [1.807, 2.05) is 60.7 Å². The van der Waals surface area contributed by atoms with Gasteiger partial charge in [-0.1, -0.05) is 0 Å². The van der Waals surface area contributed by atoms with Crippen LogP contribution in [0.3, 0.4) is 0 Å². The average molecular weight is 651 g/mol. The molecule has 0 spiro atoms. The van der Waals surface area contributed by atoms with Gasteiger partial charge in [-0.15, -0.1) is 0 Å². The molecule has 1 unspecified atom stereocenters. The summed E-state index contributed by atoms with van der Waals surface area (Å²) in [5, 5.41) is 1.66. The zero-order valence-electron chi connectivity index (χ0n) is 29.1. The summed E-state index contributed by atoms with van der Waals surface area (Å²) in [5.74, 6) is 2.32. The maximum absolute atomic E-state index is 6.93. The summed E-state index contributed by atoms with van der Waals surface area (Å²) < 4.78 is 19.8. The van der Waals surface area contributed by atoms with Gasteiger partial charge in [0.1, 0.15) is 0 Å². The van der Waals surface area contributed by atoms with Crippen LogP contribution in [0.15, 0.2) is 115 Å². The maximum atomic E-state index is 6.93. The standard InChI is InChI=1S/C42H56BO3P/c1-4-7-34-47(35-8-5-2,38-28-17-11-18-29-38,39-30-19-12-20-31-39)42(23-6-3)40-32-21-22-33-41(40)46-43(44-36-24-13-9-14-25-36)45-37-26-15-10-16-27-37/h9-11,13-18,21-22,24-29,32-33,39,42H,4-8,12,19-20,23,30-31,34-35H2,1-3H3. The van der Waals surface area contributed by atoms with Crippen LogP contribution in [0.4, 0.5) is 0 Å². The number of rotatable bonds is 18. The van der Waals surface area contributed by atoms with Crippen molar-refractivity contribution in [3.05, 3.63) is 121 Å². The van der Waals surface area contributed by atoms with Gasteiger partial charge in [-0.05, 0) is 0 Å². The Balaban J connectivity index is 1.69. The number of benzene rings is 4. The first kappa shape index (κ1) is 35.1. The molecule has 1 aliphatic carbocycles. The summed E-state index contributed by atoms with van der Waals surface area (Å²) in [6, 6.07) is 40.5. The predicted octanol–water partition coefficient (Wildman–Crippen LogP) is 11.9. The topological polar surface area (TPSA) is 27.7 Å². The molecule has 1 saturated carbocycles. The molecule has 47 heavy (non-hydrogen) atoms. The van der Waals surface area contributed by atoms with Crippen molar-refractivity contribution in [2.24, 2.45) is 0 Å². The van der Waals surface area contributed by atoms with E-state index in [0.717, 1.165) is 24.3 Å². The molecule has 1 atom stereocenters. The SMILES string of the molecule is CCCCP(CCCC)(c1ccccc1)(C1CCCCC1)C(CCC)c1ccccc1OB(Oc1ccccc1)Oc1ccccc1. The van der Waals surface area contributed by atoms with Crippen molar-refractivity contribution in [3.63, 3.8) is 0 Å². The third-order valence-electron chi connectivity index (χ3n) is 10.8. The van der Waals surface area contributed by atoms with Gasteiger partial charge in [-0.25, -0.2) is 0 Å². The normalized spacial score (nSPS) is 15.3. The van der Waals surface area contributed by atoms with Gasteiger partial charge < -0.3 is 0 Å². The van der Waals surface area contributed by atoms with Crippen LogP contribution in [0.5, 0.6) is 17.2 Å². The van der Waals surface area contributed by atoms with E-state index in [9.17, 15) is 0 Å². The van der Waals surface area contributed by atoms with Crippen LogP contribution in [0, 0.1) is 0 Å². The van der Waals surface area contributed by atoms with Gasteiger partial charge in [0.25, 0.3) is 0 Å². The molecule has 1 aliphatic rings. The van der Waals surface area contributed by atoms with Gasteiger partial charge in [0, 0.05) is 0 Å². The Morgan fingerprint density at radius 2 is 1.11 bits per heavy atom. The molecule has 0 aromatic heterocycles. The van der Waals surface area contributed by atoms with E-state index >= 15 is 0 Å². The van der Waals surface area contributed by atoms with Crippen molar-refractivity contribution in [2.45, 2.75) is 103 Å². The van der Waals surface area contributed by atoms with Crippen molar-refractivity contribution >= 4 is 19.2 Å². The zero-order chi connectivity index (χ0) is 32.8. The van der Waals surface area contributed by atoms with E-state index in [2.05, 4.69) is 75.4 Å². The minimum absolute atomic E-state index is 0.403. The number of unbranched alkanes of at least 4 members (excludes halogenated alkanes) is 2. The monoisotopic (exact) mass is 650 g/mol. The number of hydrogen-bond donors (Lipinski definition) is 0. The quantitative estimate of drug-likeness (QED) is 0.0792. The molecule has 0 amide bonds. The molecule has 5 heteroatoms. The summed E-state index contributed by atoms with van der Waals surface area (Å²) in [6.45, 7) is 4.47. The first-order valence-electron chi connectivity index (χ1n) is 18.4. The van der Waals surface area contributed by atoms with Crippen molar-refractivity contribution in [2.75, 3.05) is 12.3 Å². The summed E-state index contributed by atoms with van der Waals surface area (Å²) >= 11 is 0. The van der Waals surface area contributed by atoms with E-state index in [1.165, 1.54) is 75.7 Å². The Bertz CT molecular complexity index is 1410. The summed E-state index contributed by atoms with van der Waals surface area (Å²) in [5.41, 5.74) is 2.48. The van der Waals surface area contributed by atoms with E-state index < -0.39 is 13.9 Å². The fraction of sp³-hybridized carbons (Fsp3) is 0.429. The van der Waals surface area contributed by atoms with Crippen molar-refractivity contribution in [1.29, 1.82) is 0 Å². The van der Waals surface area contributed by atoms with E-state index in [-0.39, 0.29) is 0 Å². The Morgan fingerprint density at radius 3 is 1.64 bits per heavy atom. The van der Waals surface area contributed by atoms with E-state index in [0.29, 0.717) is 17.2 Å². The molecule has 3 nitrogen and oxygen atoms in total. The zero-order valence-corrected chi connectivity index (χ0v) is 30.0. The fourth-order valence-electron chi connectivity index (χ4n) is 8.65. The molecule has 0 N–H and O–H groups in total. The molecule has 0 aliphatic heterocycles. The van der Waals surface area contributed by atoms with Crippen LogP contribution < -0.4 is 19.3 Å². The van der Waals surface area contributed by atoms with Crippen molar-refractivity contribution in [1.82, 2.24) is 0 Å². The molecular weight excluding hydrogens is 594 g/mol. The molecule has 4 aromatic rings. The van der Waals surface area contributed by atoms with E-state index in [1.54, 1.807) is 5.30 Å². The molecule has 0 bridgehead atoms. The summed E-state index contributed by atoms with van der Waals surface area (Å²) in [6.07, 6.45) is 16.7. The number of hydrogen-bond acceptors (Lipinski definition) is 3. The Hall–Kier alpha value is -3.23. The minimum atomic E-state index is -2.68. The molecule has 4 aromatic carbocycles.